The second-order valence-electron chi connectivity index (χ2n) is 10.2. The third kappa shape index (κ3) is 3.98. The van der Waals surface area contributed by atoms with Crippen molar-refractivity contribution in [2.45, 2.75) is 44.0 Å². The Hall–Kier alpha value is -3.70. The molecule has 1 fully saturated rings. The molecule has 4 heterocycles. The van der Waals surface area contributed by atoms with Gasteiger partial charge in [0.25, 0.3) is 0 Å². The molecule has 1 unspecified atom stereocenters. The van der Waals surface area contributed by atoms with Gasteiger partial charge in [-0.2, -0.15) is 8.78 Å². The van der Waals surface area contributed by atoms with Gasteiger partial charge in [0.15, 0.2) is 0 Å². The molecule has 1 aromatic carbocycles. The first kappa shape index (κ1) is 23.7. The van der Waals surface area contributed by atoms with Crippen molar-refractivity contribution in [1.82, 2.24) is 19.4 Å². The van der Waals surface area contributed by atoms with Crippen LogP contribution in [-0.4, -0.2) is 54.9 Å². The number of pyridine rings is 1. The van der Waals surface area contributed by atoms with Crippen LogP contribution in [0.5, 0.6) is 5.75 Å². The lowest BCUT2D eigenvalue weighted by molar-refractivity contribution is -0.0506. The fourth-order valence-corrected chi connectivity index (χ4v) is 5.39. The number of halogens is 3. The summed E-state index contributed by atoms with van der Waals surface area (Å²) in [6.45, 7) is 1.15. The van der Waals surface area contributed by atoms with Crippen LogP contribution in [0.3, 0.4) is 0 Å². The van der Waals surface area contributed by atoms with Crippen LogP contribution < -0.4 is 9.64 Å². The minimum absolute atomic E-state index is 0.0115. The number of imidazole rings is 1. The Labute approximate surface area is 210 Å². The number of aromatic nitrogens is 4. The molecule has 3 aromatic heterocycles. The normalized spacial score (nSPS) is 22.4. The van der Waals surface area contributed by atoms with Crippen molar-refractivity contribution in [3.05, 3.63) is 71.7 Å². The van der Waals surface area contributed by atoms with Crippen LogP contribution in [0.15, 0.2) is 48.9 Å². The summed E-state index contributed by atoms with van der Waals surface area (Å²) < 4.78 is 47.8. The van der Waals surface area contributed by atoms with Crippen LogP contribution in [-0.2, 0) is 5.60 Å². The summed E-state index contributed by atoms with van der Waals surface area (Å²) in [7, 11) is 0. The lowest BCUT2D eigenvalue weighted by atomic mass is 9.93. The molecule has 0 bridgehead atoms. The van der Waals surface area contributed by atoms with Gasteiger partial charge in [0.2, 0.25) is 5.95 Å². The average Bonchev–Trinajstić information content (AvgIpc) is 3.31. The van der Waals surface area contributed by atoms with Gasteiger partial charge in [0.1, 0.15) is 22.8 Å². The quantitative estimate of drug-likeness (QED) is 0.420. The Bertz CT molecular complexity index is 1500. The number of alkyl halides is 2. The van der Waals surface area contributed by atoms with E-state index >= 15 is 4.39 Å². The molecule has 2 aliphatic rings. The lowest BCUT2D eigenvalue weighted by Crippen LogP contribution is -2.60. The van der Waals surface area contributed by atoms with E-state index < -0.39 is 29.5 Å². The maximum absolute atomic E-state index is 15.2. The zero-order valence-electron chi connectivity index (χ0n) is 20.1. The SMILES string of the molecule is CC1(O)CN(c2ncc(-c3cn4c5c(nc4cc3F)C(C)(O)C[C@@H]5c3ccccc3OC(F)F)cn2)C1. The fourth-order valence-electron chi connectivity index (χ4n) is 5.39. The number of β-amino-alcohol motifs (C(OH)–C–C–N with tert-alkyl or cyclic N) is 1. The molecule has 0 saturated carbocycles. The minimum Gasteiger partial charge on any atom is -0.435 e. The number of fused-ring (bicyclic) bond motifs is 3. The van der Waals surface area contributed by atoms with Gasteiger partial charge in [-0.05, 0) is 26.3 Å². The number of rotatable bonds is 5. The second-order valence-corrected chi connectivity index (χ2v) is 10.2. The van der Waals surface area contributed by atoms with Gasteiger partial charge in [0.05, 0.1) is 30.1 Å². The molecule has 0 radical (unpaired) electrons. The van der Waals surface area contributed by atoms with Crippen LogP contribution in [0.4, 0.5) is 19.1 Å². The van der Waals surface area contributed by atoms with E-state index in [9.17, 15) is 19.0 Å². The summed E-state index contributed by atoms with van der Waals surface area (Å²) >= 11 is 0. The summed E-state index contributed by atoms with van der Waals surface area (Å²) in [4.78, 5) is 15.0. The van der Waals surface area contributed by atoms with Crippen LogP contribution >= 0.6 is 0 Å². The molecule has 0 amide bonds. The van der Waals surface area contributed by atoms with Gasteiger partial charge >= 0.3 is 6.61 Å². The zero-order chi connectivity index (χ0) is 26.1. The van der Waals surface area contributed by atoms with Gasteiger partial charge in [-0.25, -0.2) is 19.3 Å². The van der Waals surface area contributed by atoms with Gasteiger partial charge in [-0.15, -0.1) is 0 Å². The molecule has 192 valence electrons. The van der Waals surface area contributed by atoms with Crippen LogP contribution in [0.25, 0.3) is 16.8 Å². The average molecular weight is 512 g/mol. The third-order valence-corrected chi connectivity index (χ3v) is 6.99. The highest BCUT2D eigenvalue weighted by atomic mass is 19.3. The first-order valence-electron chi connectivity index (χ1n) is 11.8. The Morgan fingerprint density at radius 3 is 2.49 bits per heavy atom. The number of benzene rings is 1. The molecule has 37 heavy (non-hydrogen) atoms. The van der Waals surface area contributed by atoms with E-state index in [4.69, 9.17) is 4.74 Å². The molecule has 4 aromatic rings. The molecular weight excluding hydrogens is 487 g/mol. The second kappa shape index (κ2) is 8.15. The van der Waals surface area contributed by atoms with Crippen molar-refractivity contribution in [2.75, 3.05) is 18.0 Å². The Balaban J connectivity index is 1.43. The summed E-state index contributed by atoms with van der Waals surface area (Å²) in [6, 6.07) is 7.71. The lowest BCUT2D eigenvalue weighted by Gasteiger charge is -2.44. The monoisotopic (exact) mass is 511 g/mol. The summed E-state index contributed by atoms with van der Waals surface area (Å²) in [5.41, 5.74) is 0.208. The van der Waals surface area contributed by atoms with Crippen molar-refractivity contribution in [1.29, 1.82) is 0 Å². The zero-order valence-corrected chi connectivity index (χ0v) is 20.1. The number of hydrogen-bond acceptors (Lipinski definition) is 7. The highest BCUT2D eigenvalue weighted by molar-refractivity contribution is 5.66. The predicted molar refractivity (Wildman–Crippen MR) is 128 cm³/mol. The molecule has 6 rings (SSSR count). The molecule has 2 atom stereocenters. The van der Waals surface area contributed by atoms with Gasteiger partial charge in [-0.1, -0.05) is 18.2 Å². The van der Waals surface area contributed by atoms with Crippen molar-refractivity contribution in [2.24, 2.45) is 0 Å². The fraction of sp³-hybridized carbons (Fsp3) is 0.346. The van der Waals surface area contributed by atoms with E-state index in [1.54, 1.807) is 42.6 Å². The molecule has 0 spiro atoms. The highest BCUT2D eigenvalue weighted by Crippen LogP contribution is 2.49. The highest BCUT2D eigenvalue weighted by Gasteiger charge is 2.45. The molecule has 1 aliphatic heterocycles. The molecule has 1 aliphatic carbocycles. The summed E-state index contributed by atoms with van der Waals surface area (Å²) in [5, 5.41) is 21.1. The maximum atomic E-state index is 15.2. The smallest absolute Gasteiger partial charge is 0.387 e. The van der Waals surface area contributed by atoms with E-state index in [0.717, 1.165) is 0 Å². The largest absolute Gasteiger partial charge is 0.435 e. The summed E-state index contributed by atoms with van der Waals surface area (Å²) in [6.07, 6.45) is 4.78. The van der Waals surface area contributed by atoms with Gasteiger partial charge < -0.3 is 24.3 Å². The van der Waals surface area contributed by atoms with Crippen LogP contribution in [0.2, 0.25) is 0 Å². The standard InChI is InChI=1S/C26H24F3N5O3/c1-25(35)12-33(13-25)24-30-9-14(10-31-24)17-11-34-20(7-18(17)27)32-22-21(34)16(8-26(22,2)36)15-5-3-4-6-19(15)37-23(28)29/h3-7,9-11,16,23,35-36H,8,12-13H2,1-2H3/t16-,26?/m1/s1. The molecule has 8 nitrogen and oxygen atoms in total. The number of aliphatic hydroxyl groups is 2. The summed E-state index contributed by atoms with van der Waals surface area (Å²) in [5.74, 6) is -0.618. The van der Waals surface area contributed by atoms with E-state index in [1.165, 1.54) is 24.5 Å². The Morgan fingerprint density at radius 2 is 1.81 bits per heavy atom. The van der Waals surface area contributed by atoms with E-state index in [1.807, 2.05) is 4.90 Å². The van der Waals surface area contributed by atoms with Crippen LogP contribution in [0.1, 0.15) is 43.1 Å². The Morgan fingerprint density at radius 1 is 1.11 bits per heavy atom. The van der Waals surface area contributed by atoms with E-state index in [2.05, 4.69) is 15.0 Å². The number of para-hydroxylation sites is 1. The first-order chi connectivity index (χ1) is 17.5. The number of anilines is 1. The molecule has 1 saturated heterocycles. The molecule has 2 N–H and O–H groups in total. The van der Waals surface area contributed by atoms with Crippen molar-refractivity contribution >= 4 is 11.6 Å². The molecular formula is C26H24F3N5O3. The third-order valence-electron chi connectivity index (χ3n) is 6.99. The van der Waals surface area contributed by atoms with Gasteiger partial charge in [-0.3, -0.25) is 0 Å². The van der Waals surface area contributed by atoms with Crippen molar-refractivity contribution < 1.29 is 28.1 Å². The Kier molecular flexibility index (Phi) is 5.22. The maximum Gasteiger partial charge on any atom is 0.387 e. The van der Waals surface area contributed by atoms with Crippen molar-refractivity contribution in [3.8, 4) is 16.9 Å². The van der Waals surface area contributed by atoms with Crippen molar-refractivity contribution in [3.63, 3.8) is 0 Å². The number of nitrogens with zero attached hydrogens (tertiary/aromatic N) is 5. The number of ether oxygens (including phenoxy) is 1. The van der Waals surface area contributed by atoms with Crippen LogP contribution in [0, 0.1) is 5.82 Å². The van der Waals surface area contributed by atoms with E-state index in [-0.39, 0.29) is 23.4 Å². The number of hydrogen-bond donors (Lipinski definition) is 2. The first-order valence-corrected chi connectivity index (χ1v) is 11.8. The minimum atomic E-state index is -3.00. The van der Waals surface area contributed by atoms with E-state index in [0.29, 0.717) is 41.6 Å². The topological polar surface area (TPSA) is 96.0 Å². The predicted octanol–water partition coefficient (Wildman–Crippen LogP) is 3.85. The molecule has 11 heteroatoms. The van der Waals surface area contributed by atoms with Gasteiger partial charge in [0, 0.05) is 47.3 Å².